The highest BCUT2D eigenvalue weighted by molar-refractivity contribution is 5.94. The number of hydrogen-bond donors (Lipinski definition) is 1. The van der Waals surface area contributed by atoms with Crippen molar-refractivity contribution in [3.05, 3.63) is 29.3 Å². The van der Waals surface area contributed by atoms with Gasteiger partial charge in [-0.1, -0.05) is 13.8 Å². The van der Waals surface area contributed by atoms with E-state index in [1.54, 1.807) is 6.92 Å². The molecule has 0 bridgehead atoms. The van der Waals surface area contributed by atoms with Gasteiger partial charge in [-0.15, -0.1) is 0 Å². The summed E-state index contributed by atoms with van der Waals surface area (Å²) in [6.07, 6.45) is 0. The standard InChI is InChI=1S/C11H11F2NO3.C2H6.H2/c1-3-14-11(16)7-4-8(12)10(9(13)5-7)17-6(2)15;1-2;/h4-5H,3H2,1-2H3,(H,14,16);1-2H3;1H. The number of hydrogen-bond acceptors (Lipinski definition) is 3. The number of amides is 1. The summed E-state index contributed by atoms with van der Waals surface area (Å²) in [4.78, 5) is 21.9. The summed E-state index contributed by atoms with van der Waals surface area (Å²) < 4.78 is 31.1. The van der Waals surface area contributed by atoms with Gasteiger partial charge in [0.25, 0.3) is 5.91 Å². The summed E-state index contributed by atoms with van der Waals surface area (Å²) in [7, 11) is 0. The predicted molar refractivity (Wildman–Crippen MR) is 69.1 cm³/mol. The van der Waals surface area contributed by atoms with E-state index in [0.717, 1.165) is 19.1 Å². The molecule has 0 fully saturated rings. The molecule has 0 radical (unpaired) electrons. The summed E-state index contributed by atoms with van der Waals surface area (Å²) in [6, 6.07) is 1.62. The van der Waals surface area contributed by atoms with Crippen molar-refractivity contribution in [1.29, 1.82) is 0 Å². The minimum Gasteiger partial charge on any atom is -0.420 e. The molecule has 0 saturated carbocycles. The Bertz CT molecular complexity index is 444. The van der Waals surface area contributed by atoms with Crippen LogP contribution in [0.2, 0.25) is 0 Å². The Labute approximate surface area is 112 Å². The van der Waals surface area contributed by atoms with Gasteiger partial charge < -0.3 is 10.1 Å². The van der Waals surface area contributed by atoms with E-state index in [1.165, 1.54) is 0 Å². The fraction of sp³-hybridized carbons (Fsp3) is 0.385. The van der Waals surface area contributed by atoms with Gasteiger partial charge in [0.1, 0.15) is 0 Å². The van der Waals surface area contributed by atoms with Crippen molar-refractivity contribution in [1.82, 2.24) is 5.32 Å². The van der Waals surface area contributed by atoms with Crippen LogP contribution in [-0.4, -0.2) is 18.4 Å². The molecule has 1 aromatic rings. The first-order valence-electron chi connectivity index (χ1n) is 5.91. The fourth-order valence-corrected chi connectivity index (χ4v) is 1.19. The minimum atomic E-state index is -1.10. The van der Waals surface area contributed by atoms with Crippen LogP contribution in [0.4, 0.5) is 8.78 Å². The number of halogens is 2. The molecule has 19 heavy (non-hydrogen) atoms. The van der Waals surface area contributed by atoms with E-state index in [4.69, 9.17) is 0 Å². The fourth-order valence-electron chi connectivity index (χ4n) is 1.19. The van der Waals surface area contributed by atoms with Gasteiger partial charge in [-0.3, -0.25) is 9.59 Å². The first-order valence-corrected chi connectivity index (χ1v) is 5.91. The summed E-state index contributed by atoms with van der Waals surface area (Å²) in [5.74, 6) is -4.43. The second-order valence-corrected chi connectivity index (χ2v) is 3.22. The number of benzene rings is 1. The van der Waals surface area contributed by atoms with E-state index in [2.05, 4.69) is 10.1 Å². The largest absolute Gasteiger partial charge is 0.420 e. The quantitative estimate of drug-likeness (QED) is 0.681. The molecular formula is C13H19F2NO3. The predicted octanol–water partition coefficient (Wildman–Crippen LogP) is 2.91. The zero-order valence-corrected chi connectivity index (χ0v) is 11.3. The molecule has 6 heteroatoms. The van der Waals surface area contributed by atoms with Crippen LogP contribution in [0.25, 0.3) is 0 Å². The highest BCUT2D eigenvalue weighted by atomic mass is 19.1. The molecule has 0 aliphatic rings. The highest BCUT2D eigenvalue weighted by Gasteiger charge is 2.17. The maximum atomic E-state index is 13.4. The van der Waals surface area contributed by atoms with Crippen molar-refractivity contribution in [3.8, 4) is 5.75 Å². The van der Waals surface area contributed by atoms with E-state index >= 15 is 0 Å². The van der Waals surface area contributed by atoms with Gasteiger partial charge in [0, 0.05) is 20.5 Å². The average molecular weight is 275 g/mol. The Hall–Kier alpha value is -1.98. The maximum absolute atomic E-state index is 13.4. The van der Waals surface area contributed by atoms with Gasteiger partial charge in [-0.2, -0.15) is 0 Å². The smallest absolute Gasteiger partial charge is 0.308 e. The molecule has 0 aliphatic heterocycles. The third-order valence-corrected chi connectivity index (χ3v) is 1.84. The highest BCUT2D eigenvalue weighted by Crippen LogP contribution is 2.23. The summed E-state index contributed by atoms with van der Waals surface area (Å²) in [6.45, 7) is 7.04. The van der Waals surface area contributed by atoms with Crippen molar-refractivity contribution in [2.24, 2.45) is 0 Å². The number of ether oxygens (including phenoxy) is 1. The van der Waals surface area contributed by atoms with Gasteiger partial charge in [0.15, 0.2) is 11.6 Å². The van der Waals surface area contributed by atoms with Gasteiger partial charge in [0.2, 0.25) is 5.75 Å². The normalized spacial score (nSPS) is 9.16. The van der Waals surface area contributed by atoms with Crippen molar-refractivity contribution in [2.75, 3.05) is 6.54 Å². The second-order valence-electron chi connectivity index (χ2n) is 3.22. The number of nitrogens with one attached hydrogen (secondary N) is 1. The third-order valence-electron chi connectivity index (χ3n) is 1.84. The monoisotopic (exact) mass is 275 g/mol. The van der Waals surface area contributed by atoms with Crippen LogP contribution in [0.1, 0.15) is 39.5 Å². The topological polar surface area (TPSA) is 55.4 Å². The van der Waals surface area contributed by atoms with E-state index in [9.17, 15) is 18.4 Å². The number of esters is 1. The molecule has 1 amide bonds. The molecule has 1 N–H and O–H groups in total. The average Bonchev–Trinajstić information content (AvgIpc) is 2.36. The van der Waals surface area contributed by atoms with Gasteiger partial charge in [-0.05, 0) is 19.1 Å². The number of rotatable bonds is 3. The molecule has 0 atom stereocenters. The molecule has 0 aromatic heterocycles. The first-order chi connectivity index (χ1) is 8.95. The lowest BCUT2D eigenvalue weighted by Gasteiger charge is -2.07. The number of carbonyl (C=O) groups is 2. The summed E-state index contributed by atoms with van der Waals surface area (Å²) in [5, 5.41) is 2.40. The van der Waals surface area contributed by atoms with E-state index in [1.807, 2.05) is 13.8 Å². The SMILES string of the molecule is CC.CCNC(=O)c1cc(F)c(OC(C)=O)c(F)c1.[HH]. The Kier molecular flexibility index (Phi) is 7.33. The molecule has 4 nitrogen and oxygen atoms in total. The Balaban J connectivity index is 0. The van der Waals surface area contributed by atoms with Crippen LogP contribution < -0.4 is 10.1 Å². The molecule has 0 saturated heterocycles. The van der Waals surface area contributed by atoms with Crippen molar-refractivity contribution in [3.63, 3.8) is 0 Å². The van der Waals surface area contributed by atoms with E-state index < -0.39 is 29.3 Å². The molecule has 0 heterocycles. The Morgan fingerprint density at radius 2 is 1.74 bits per heavy atom. The number of carbonyl (C=O) groups excluding carboxylic acids is 2. The minimum absolute atomic E-state index is 0. The Morgan fingerprint density at radius 1 is 1.26 bits per heavy atom. The van der Waals surface area contributed by atoms with Crippen molar-refractivity contribution in [2.45, 2.75) is 27.7 Å². The maximum Gasteiger partial charge on any atom is 0.308 e. The lowest BCUT2D eigenvalue weighted by Crippen LogP contribution is -2.23. The van der Waals surface area contributed by atoms with Gasteiger partial charge >= 0.3 is 5.97 Å². The molecule has 1 aromatic carbocycles. The summed E-state index contributed by atoms with van der Waals surface area (Å²) >= 11 is 0. The van der Waals surface area contributed by atoms with E-state index in [0.29, 0.717) is 6.54 Å². The van der Waals surface area contributed by atoms with Gasteiger partial charge in [0.05, 0.1) is 0 Å². The van der Waals surface area contributed by atoms with Gasteiger partial charge in [-0.25, -0.2) is 8.78 Å². The molecule has 1 rings (SSSR count). The Morgan fingerprint density at radius 3 is 2.11 bits per heavy atom. The molecule has 0 spiro atoms. The van der Waals surface area contributed by atoms with Crippen molar-refractivity contribution >= 4 is 11.9 Å². The molecule has 108 valence electrons. The van der Waals surface area contributed by atoms with Crippen LogP contribution >= 0.6 is 0 Å². The lowest BCUT2D eigenvalue weighted by atomic mass is 10.2. The molecule has 0 aliphatic carbocycles. The van der Waals surface area contributed by atoms with Crippen LogP contribution in [0.5, 0.6) is 5.75 Å². The van der Waals surface area contributed by atoms with Crippen molar-refractivity contribution < 1.29 is 24.5 Å². The summed E-state index contributed by atoms with van der Waals surface area (Å²) in [5.41, 5.74) is -0.169. The van der Waals surface area contributed by atoms with Crippen LogP contribution in [0, 0.1) is 11.6 Å². The van der Waals surface area contributed by atoms with Crippen LogP contribution in [0.3, 0.4) is 0 Å². The third kappa shape index (κ3) is 5.03. The molecule has 0 unspecified atom stereocenters. The lowest BCUT2D eigenvalue weighted by molar-refractivity contribution is -0.132. The zero-order chi connectivity index (χ0) is 15.0. The first kappa shape index (κ1) is 17.0. The molecular weight excluding hydrogens is 256 g/mol. The van der Waals surface area contributed by atoms with E-state index in [-0.39, 0.29) is 6.99 Å². The zero-order valence-electron chi connectivity index (χ0n) is 11.3. The van der Waals surface area contributed by atoms with Crippen LogP contribution in [-0.2, 0) is 4.79 Å². The van der Waals surface area contributed by atoms with Crippen LogP contribution in [0.15, 0.2) is 12.1 Å². The second kappa shape index (κ2) is 8.18.